The first-order valence-electron chi connectivity index (χ1n) is 5.59. The molecule has 0 saturated carbocycles. The van der Waals surface area contributed by atoms with E-state index >= 15 is 0 Å². The van der Waals surface area contributed by atoms with Crippen LogP contribution in [0.15, 0.2) is 36.4 Å². The average Bonchev–Trinajstić information content (AvgIpc) is 2.33. The summed E-state index contributed by atoms with van der Waals surface area (Å²) in [4.78, 5) is 11.0. The zero-order valence-corrected chi connectivity index (χ0v) is 11.0. The first-order chi connectivity index (χ1) is 8.49. The van der Waals surface area contributed by atoms with Crippen LogP contribution in [-0.2, 0) is 0 Å². The van der Waals surface area contributed by atoms with Gasteiger partial charge in [0.1, 0.15) is 0 Å². The van der Waals surface area contributed by atoms with Crippen LogP contribution in [0.2, 0.25) is 5.02 Å². The topological polar surface area (TPSA) is 37.3 Å². The molecule has 0 aliphatic heterocycles. The van der Waals surface area contributed by atoms with Crippen molar-refractivity contribution in [2.45, 2.75) is 13.8 Å². The number of carbonyl (C=O) groups is 1. The van der Waals surface area contributed by atoms with Gasteiger partial charge in [0.2, 0.25) is 0 Å². The van der Waals surface area contributed by atoms with Crippen molar-refractivity contribution in [3.8, 4) is 11.1 Å². The van der Waals surface area contributed by atoms with Gasteiger partial charge in [-0.25, -0.2) is 4.79 Å². The third kappa shape index (κ3) is 2.39. The lowest BCUT2D eigenvalue weighted by molar-refractivity contribution is 0.0697. The Kier molecular flexibility index (Phi) is 3.39. The van der Waals surface area contributed by atoms with Crippen molar-refractivity contribution in [1.29, 1.82) is 0 Å². The maximum Gasteiger partial charge on any atom is 0.335 e. The molecule has 0 atom stereocenters. The molecule has 92 valence electrons. The molecule has 0 heterocycles. The molecule has 0 aromatic heterocycles. The molecule has 1 N–H and O–H groups in total. The molecular weight excluding hydrogens is 248 g/mol. The summed E-state index contributed by atoms with van der Waals surface area (Å²) < 4.78 is 0. The normalized spacial score (nSPS) is 10.4. The molecule has 18 heavy (non-hydrogen) atoms. The molecule has 0 fully saturated rings. The Morgan fingerprint density at radius 3 is 2.33 bits per heavy atom. The van der Waals surface area contributed by atoms with E-state index in [1.807, 2.05) is 38.1 Å². The smallest absolute Gasteiger partial charge is 0.335 e. The summed E-state index contributed by atoms with van der Waals surface area (Å²) >= 11 is 6.10. The van der Waals surface area contributed by atoms with Gasteiger partial charge in [0.25, 0.3) is 0 Å². The zero-order valence-electron chi connectivity index (χ0n) is 10.2. The summed E-state index contributed by atoms with van der Waals surface area (Å²) in [5.74, 6) is -0.922. The first kappa shape index (κ1) is 12.7. The second kappa shape index (κ2) is 4.83. The van der Waals surface area contributed by atoms with Gasteiger partial charge in [0.15, 0.2) is 0 Å². The Hall–Kier alpha value is -1.80. The van der Waals surface area contributed by atoms with Crippen LogP contribution in [-0.4, -0.2) is 11.1 Å². The van der Waals surface area contributed by atoms with Gasteiger partial charge in [-0.1, -0.05) is 29.8 Å². The van der Waals surface area contributed by atoms with Crippen molar-refractivity contribution in [1.82, 2.24) is 0 Å². The van der Waals surface area contributed by atoms with E-state index < -0.39 is 5.97 Å². The van der Waals surface area contributed by atoms with Crippen molar-refractivity contribution in [2.24, 2.45) is 0 Å². The van der Waals surface area contributed by atoms with E-state index in [-0.39, 0.29) is 5.56 Å². The van der Waals surface area contributed by atoms with E-state index in [0.717, 1.165) is 22.3 Å². The molecule has 2 aromatic rings. The average molecular weight is 261 g/mol. The molecule has 2 nitrogen and oxygen atoms in total. The molecule has 3 heteroatoms. The van der Waals surface area contributed by atoms with Crippen LogP contribution >= 0.6 is 11.6 Å². The summed E-state index contributed by atoms with van der Waals surface area (Å²) in [5, 5.41) is 9.71. The SMILES string of the molecule is Cc1ccc(-c2cc(C(=O)O)ccc2C)cc1Cl. The predicted molar refractivity (Wildman–Crippen MR) is 73.3 cm³/mol. The highest BCUT2D eigenvalue weighted by atomic mass is 35.5. The van der Waals surface area contributed by atoms with Gasteiger partial charge in [-0.15, -0.1) is 0 Å². The fraction of sp³-hybridized carbons (Fsp3) is 0.133. The fourth-order valence-corrected chi connectivity index (χ4v) is 2.01. The summed E-state index contributed by atoms with van der Waals surface area (Å²) in [6, 6.07) is 10.9. The van der Waals surface area contributed by atoms with Gasteiger partial charge < -0.3 is 5.11 Å². The van der Waals surface area contributed by atoms with Gasteiger partial charge in [-0.2, -0.15) is 0 Å². The highest BCUT2D eigenvalue weighted by Gasteiger charge is 2.08. The largest absolute Gasteiger partial charge is 0.478 e. The van der Waals surface area contributed by atoms with Gasteiger partial charge in [0.05, 0.1) is 5.56 Å². The number of benzene rings is 2. The zero-order chi connectivity index (χ0) is 13.3. The molecule has 2 rings (SSSR count). The lowest BCUT2D eigenvalue weighted by atomic mass is 9.97. The molecule has 0 radical (unpaired) electrons. The number of carboxylic acids is 1. The lowest BCUT2D eigenvalue weighted by Crippen LogP contribution is -1.97. The van der Waals surface area contributed by atoms with Crippen LogP contribution < -0.4 is 0 Å². The summed E-state index contributed by atoms with van der Waals surface area (Å²) in [6.45, 7) is 3.89. The molecule has 0 unspecified atom stereocenters. The molecule has 0 bridgehead atoms. The van der Waals surface area contributed by atoms with Crippen molar-refractivity contribution < 1.29 is 9.90 Å². The number of aryl methyl sites for hydroxylation is 2. The quantitative estimate of drug-likeness (QED) is 0.873. The third-order valence-electron chi connectivity index (χ3n) is 2.97. The minimum absolute atomic E-state index is 0.285. The minimum Gasteiger partial charge on any atom is -0.478 e. The summed E-state index contributed by atoms with van der Waals surface area (Å²) in [5.41, 5.74) is 4.16. The Morgan fingerprint density at radius 2 is 1.72 bits per heavy atom. The molecule has 0 saturated heterocycles. The number of hydrogen-bond acceptors (Lipinski definition) is 1. The van der Waals surface area contributed by atoms with Crippen LogP contribution in [0.1, 0.15) is 21.5 Å². The summed E-state index contributed by atoms with van der Waals surface area (Å²) in [6.07, 6.45) is 0. The van der Waals surface area contributed by atoms with Gasteiger partial charge in [0, 0.05) is 5.02 Å². The lowest BCUT2D eigenvalue weighted by Gasteiger charge is -2.09. The molecule has 0 amide bonds. The van der Waals surface area contributed by atoms with Crippen molar-refractivity contribution >= 4 is 17.6 Å². The van der Waals surface area contributed by atoms with E-state index in [9.17, 15) is 4.79 Å². The fourth-order valence-electron chi connectivity index (χ4n) is 1.83. The van der Waals surface area contributed by atoms with Crippen LogP contribution in [0.3, 0.4) is 0 Å². The standard InChI is InChI=1S/C15H13ClO2/c1-9-3-6-12(15(17)18)7-13(9)11-5-4-10(2)14(16)8-11/h3-8H,1-2H3,(H,17,18). The van der Waals surface area contributed by atoms with E-state index in [1.165, 1.54) is 0 Å². The Morgan fingerprint density at radius 1 is 1.06 bits per heavy atom. The second-order valence-corrected chi connectivity index (χ2v) is 4.71. The van der Waals surface area contributed by atoms with E-state index in [0.29, 0.717) is 5.02 Å². The van der Waals surface area contributed by atoms with Crippen molar-refractivity contribution in [3.05, 3.63) is 58.1 Å². The highest BCUT2D eigenvalue weighted by molar-refractivity contribution is 6.31. The second-order valence-electron chi connectivity index (χ2n) is 4.30. The Balaban J connectivity index is 2.58. The molecule has 0 spiro atoms. The monoisotopic (exact) mass is 260 g/mol. The van der Waals surface area contributed by atoms with Gasteiger partial charge >= 0.3 is 5.97 Å². The summed E-state index contributed by atoms with van der Waals surface area (Å²) in [7, 11) is 0. The van der Waals surface area contributed by atoms with E-state index in [4.69, 9.17) is 16.7 Å². The van der Waals surface area contributed by atoms with Crippen LogP contribution in [0, 0.1) is 13.8 Å². The molecule has 0 aliphatic rings. The van der Waals surface area contributed by atoms with Gasteiger partial charge in [-0.05, 0) is 54.3 Å². The number of hydrogen-bond donors (Lipinski definition) is 1. The van der Waals surface area contributed by atoms with Crippen LogP contribution in [0.25, 0.3) is 11.1 Å². The van der Waals surface area contributed by atoms with E-state index in [1.54, 1.807) is 12.1 Å². The number of halogens is 1. The first-order valence-corrected chi connectivity index (χ1v) is 5.97. The number of rotatable bonds is 2. The maximum absolute atomic E-state index is 11.0. The van der Waals surface area contributed by atoms with Crippen LogP contribution in [0.4, 0.5) is 0 Å². The third-order valence-corrected chi connectivity index (χ3v) is 3.37. The molecular formula is C15H13ClO2. The number of carboxylic acid groups (broad SMARTS) is 1. The molecule has 0 aliphatic carbocycles. The number of aromatic carboxylic acids is 1. The predicted octanol–water partition coefficient (Wildman–Crippen LogP) is 4.32. The minimum atomic E-state index is -0.922. The van der Waals surface area contributed by atoms with Crippen molar-refractivity contribution in [2.75, 3.05) is 0 Å². The molecule has 2 aromatic carbocycles. The maximum atomic E-state index is 11.0. The van der Waals surface area contributed by atoms with Crippen LogP contribution in [0.5, 0.6) is 0 Å². The van der Waals surface area contributed by atoms with E-state index in [2.05, 4.69) is 0 Å². The van der Waals surface area contributed by atoms with Gasteiger partial charge in [-0.3, -0.25) is 0 Å². The Labute approximate surface area is 111 Å². The van der Waals surface area contributed by atoms with Crippen molar-refractivity contribution in [3.63, 3.8) is 0 Å². The highest BCUT2D eigenvalue weighted by Crippen LogP contribution is 2.28. The Bertz CT molecular complexity index is 618.